The first-order valence-electron chi connectivity index (χ1n) is 7.12. The van der Waals surface area contributed by atoms with Crippen molar-refractivity contribution in [1.29, 1.82) is 0 Å². The molecular formula is C14H26ClN3O. The van der Waals surface area contributed by atoms with Gasteiger partial charge in [0.2, 0.25) is 0 Å². The van der Waals surface area contributed by atoms with Crippen molar-refractivity contribution in [3.05, 3.63) is 17.5 Å². The first kappa shape index (κ1) is 16.5. The Labute approximate surface area is 122 Å². The van der Waals surface area contributed by atoms with Crippen LogP contribution in [0.15, 0.2) is 6.07 Å². The topological polar surface area (TPSA) is 50.1 Å². The van der Waals surface area contributed by atoms with Crippen LogP contribution in [0, 0.1) is 0 Å². The predicted molar refractivity (Wildman–Crippen MR) is 79.9 cm³/mol. The van der Waals surface area contributed by atoms with E-state index in [0.717, 1.165) is 31.8 Å². The van der Waals surface area contributed by atoms with Gasteiger partial charge in [0.05, 0.1) is 11.4 Å². The van der Waals surface area contributed by atoms with Crippen LogP contribution in [0.2, 0.25) is 0 Å². The van der Waals surface area contributed by atoms with E-state index >= 15 is 0 Å². The summed E-state index contributed by atoms with van der Waals surface area (Å²) in [4.78, 5) is 0. The standard InChI is InChI=1S/C14H25N3O.ClH/c1-11(2)17-13(10-15-7-3-4-8-18)9-14(16-17)12-5-6-12;/h9,11-12,15,18H,3-8,10H2,1-2H3;1H. The van der Waals surface area contributed by atoms with E-state index < -0.39 is 0 Å². The summed E-state index contributed by atoms with van der Waals surface area (Å²) >= 11 is 0. The minimum absolute atomic E-state index is 0. The van der Waals surface area contributed by atoms with Gasteiger partial charge in [-0.1, -0.05) is 0 Å². The third kappa shape index (κ3) is 4.79. The molecule has 1 heterocycles. The summed E-state index contributed by atoms with van der Waals surface area (Å²) in [6.45, 7) is 6.49. The second-order valence-electron chi connectivity index (χ2n) is 5.48. The van der Waals surface area contributed by atoms with Gasteiger partial charge in [0.1, 0.15) is 0 Å². The summed E-state index contributed by atoms with van der Waals surface area (Å²) < 4.78 is 2.15. The summed E-state index contributed by atoms with van der Waals surface area (Å²) in [5, 5.41) is 16.9. The number of rotatable bonds is 8. The highest BCUT2D eigenvalue weighted by Crippen LogP contribution is 2.39. The number of halogens is 1. The van der Waals surface area contributed by atoms with Crippen molar-refractivity contribution in [3.63, 3.8) is 0 Å². The molecule has 110 valence electrons. The molecule has 0 radical (unpaired) electrons. The number of nitrogens with one attached hydrogen (secondary N) is 1. The number of aliphatic hydroxyl groups is 1. The van der Waals surface area contributed by atoms with E-state index in [9.17, 15) is 0 Å². The van der Waals surface area contributed by atoms with Crippen LogP contribution in [0.25, 0.3) is 0 Å². The van der Waals surface area contributed by atoms with Crippen molar-refractivity contribution in [1.82, 2.24) is 15.1 Å². The van der Waals surface area contributed by atoms with E-state index in [1.807, 2.05) is 0 Å². The quantitative estimate of drug-likeness (QED) is 0.723. The summed E-state index contributed by atoms with van der Waals surface area (Å²) in [6.07, 6.45) is 4.52. The number of unbranched alkanes of at least 4 members (excludes halogenated alkanes) is 1. The molecule has 1 aliphatic carbocycles. The van der Waals surface area contributed by atoms with Crippen LogP contribution >= 0.6 is 12.4 Å². The van der Waals surface area contributed by atoms with Crippen LogP contribution in [0.4, 0.5) is 0 Å². The number of hydrogen-bond acceptors (Lipinski definition) is 3. The van der Waals surface area contributed by atoms with E-state index in [-0.39, 0.29) is 19.0 Å². The van der Waals surface area contributed by atoms with Crippen molar-refractivity contribution in [2.75, 3.05) is 13.2 Å². The fourth-order valence-corrected chi connectivity index (χ4v) is 2.19. The Morgan fingerprint density at radius 2 is 2.16 bits per heavy atom. The van der Waals surface area contributed by atoms with E-state index in [0.29, 0.717) is 6.04 Å². The predicted octanol–water partition coefficient (Wildman–Crippen LogP) is 2.63. The third-order valence-corrected chi connectivity index (χ3v) is 3.38. The molecule has 2 rings (SSSR count). The highest BCUT2D eigenvalue weighted by atomic mass is 35.5. The smallest absolute Gasteiger partial charge is 0.0659 e. The second-order valence-corrected chi connectivity index (χ2v) is 5.48. The first-order valence-corrected chi connectivity index (χ1v) is 7.12. The summed E-state index contributed by atoms with van der Waals surface area (Å²) in [7, 11) is 0. The summed E-state index contributed by atoms with van der Waals surface area (Å²) in [6, 6.07) is 2.68. The van der Waals surface area contributed by atoms with Gasteiger partial charge in [-0.2, -0.15) is 5.10 Å². The van der Waals surface area contributed by atoms with Crippen LogP contribution in [-0.2, 0) is 6.54 Å². The maximum absolute atomic E-state index is 8.73. The largest absolute Gasteiger partial charge is 0.396 e. The van der Waals surface area contributed by atoms with Gasteiger partial charge >= 0.3 is 0 Å². The molecule has 0 atom stereocenters. The molecule has 2 N–H and O–H groups in total. The average Bonchev–Trinajstić information content (AvgIpc) is 3.10. The molecule has 0 unspecified atom stereocenters. The molecule has 0 spiro atoms. The van der Waals surface area contributed by atoms with Crippen LogP contribution < -0.4 is 5.32 Å². The zero-order valence-electron chi connectivity index (χ0n) is 11.9. The monoisotopic (exact) mass is 287 g/mol. The van der Waals surface area contributed by atoms with E-state index in [4.69, 9.17) is 10.2 Å². The Kier molecular flexibility index (Phi) is 6.83. The van der Waals surface area contributed by atoms with Gasteiger partial charge in [0.25, 0.3) is 0 Å². The Morgan fingerprint density at radius 3 is 2.74 bits per heavy atom. The lowest BCUT2D eigenvalue weighted by molar-refractivity contribution is 0.283. The van der Waals surface area contributed by atoms with Crippen LogP contribution in [0.3, 0.4) is 0 Å². The van der Waals surface area contributed by atoms with Crippen LogP contribution in [0.5, 0.6) is 0 Å². The second kappa shape index (κ2) is 7.88. The lowest BCUT2D eigenvalue weighted by Crippen LogP contribution is -2.19. The summed E-state index contributed by atoms with van der Waals surface area (Å²) in [5.74, 6) is 0.720. The van der Waals surface area contributed by atoms with Crippen molar-refractivity contribution >= 4 is 12.4 Å². The lowest BCUT2D eigenvalue weighted by atomic mass is 10.2. The maximum atomic E-state index is 8.73. The normalized spacial score (nSPS) is 14.7. The molecule has 0 aromatic carbocycles. The molecule has 4 nitrogen and oxygen atoms in total. The fraction of sp³-hybridized carbons (Fsp3) is 0.786. The van der Waals surface area contributed by atoms with Crippen LogP contribution in [0.1, 0.15) is 62.9 Å². The zero-order chi connectivity index (χ0) is 13.0. The Morgan fingerprint density at radius 1 is 1.42 bits per heavy atom. The Balaban J connectivity index is 0.00000180. The zero-order valence-corrected chi connectivity index (χ0v) is 12.7. The summed E-state index contributed by atoms with van der Waals surface area (Å²) in [5.41, 5.74) is 2.56. The average molecular weight is 288 g/mol. The SMILES string of the molecule is CC(C)n1nc(C2CC2)cc1CNCCCCO.Cl. The van der Waals surface area contributed by atoms with Gasteiger partial charge in [0, 0.05) is 25.1 Å². The maximum Gasteiger partial charge on any atom is 0.0659 e. The highest BCUT2D eigenvalue weighted by molar-refractivity contribution is 5.85. The molecule has 1 aromatic heterocycles. The molecule has 1 aliphatic rings. The van der Waals surface area contributed by atoms with E-state index in [1.165, 1.54) is 24.2 Å². The molecule has 5 heteroatoms. The van der Waals surface area contributed by atoms with Gasteiger partial charge in [-0.3, -0.25) is 4.68 Å². The molecule has 1 aromatic rings. The minimum Gasteiger partial charge on any atom is -0.396 e. The van der Waals surface area contributed by atoms with E-state index in [1.54, 1.807) is 0 Å². The number of nitrogens with zero attached hydrogens (tertiary/aromatic N) is 2. The fourth-order valence-electron chi connectivity index (χ4n) is 2.19. The van der Waals surface area contributed by atoms with Crippen molar-refractivity contribution in [3.8, 4) is 0 Å². The van der Waals surface area contributed by atoms with Gasteiger partial charge in [-0.05, 0) is 52.1 Å². The van der Waals surface area contributed by atoms with E-state index in [2.05, 4.69) is 29.9 Å². The Bertz CT molecular complexity index is 375. The van der Waals surface area contributed by atoms with Crippen molar-refractivity contribution < 1.29 is 5.11 Å². The number of aliphatic hydroxyl groups excluding tert-OH is 1. The molecule has 0 bridgehead atoms. The van der Waals surface area contributed by atoms with Gasteiger partial charge in [0.15, 0.2) is 0 Å². The van der Waals surface area contributed by atoms with Gasteiger partial charge < -0.3 is 10.4 Å². The molecule has 1 fully saturated rings. The molecular weight excluding hydrogens is 262 g/mol. The van der Waals surface area contributed by atoms with Gasteiger partial charge in [-0.15, -0.1) is 12.4 Å². The Hall–Kier alpha value is -0.580. The molecule has 19 heavy (non-hydrogen) atoms. The van der Waals surface area contributed by atoms with Crippen molar-refractivity contribution in [2.24, 2.45) is 0 Å². The number of hydrogen-bond donors (Lipinski definition) is 2. The molecule has 0 amide bonds. The third-order valence-electron chi connectivity index (χ3n) is 3.38. The molecule has 0 saturated heterocycles. The molecule has 0 aliphatic heterocycles. The van der Waals surface area contributed by atoms with Crippen molar-refractivity contribution in [2.45, 2.75) is 58.0 Å². The molecule has 1 saturated carbocycles. The van der Waals surface area contributed by atoms with Gasteiger partial charge in [-0.25, -0.2) is 0 Å². The number of aromatic nitrogens is 2. The first-order chi connectivity index (χ1) is 8.72. The van der Waals surface area contributed by atoms with Crippen LogP contribution in [-0.4, -0.2) is 28.0 Å². The minimum atomic E-state index is 0. The highest BCUT2D eigenvalue weighted by Gasteiger charge is 2.27. The lowest BCUT2D eigenvalue weighted by Gasteiger charge is -2.11.